The summed E-state index contributed by atoms with van der Waals surface area (Å²) in [6, 6.07) is 18.6. The Balaban J connectivity index is 1.19. The lowest BCUT2D eigenvalue weighted by Gasteiger charge is -2.37. The number of carbonyl (C=O) groups excluding carboxylic acids is 1. The van der Waals surface area contributed by atoms with E-state index in [1.165, 1.54) is 0 Å². The number of hydrogen-bond donors (Lipinski definition) is 3. The first-order chi connectivity index (χ1) is 17.0. The molecule has 9 heteroatoms. The molecular weight excluding hydrogens is 440 g/mol. The second kappa shape index (κ2) is 8.50. The summed E-state index contributed by atoms with van der Waals surface area (Å²) < 4.78 is 0. The van der Waals surface area contributed by atoms with Gasteiger partial charge in [0.15, 0.2) is 0 Å². The van der Waals surface area contributed by atoms with Crippen LogP contribution in [0.3, 0.4) is 0 Å². The molecule has 0 spiro atoms. The third-order valence-corrected chi connectivity index (χ3v) is 6.64. The van der Waals surface area contributed by atoms with Crippen LogP contribution < -0.4 is 15.5 Å². The molecule has 0 saturated carbocycles. The number of rotatable bonds is 3. The van der Waals surface area contributed by atoms with Crippen LogP contribution in [0.4, 0.5) is 21.9 Å². The molecule has 0 radical (unpaired) electrons. The highest BCUT2D eigenvalue weighted by Crippen LogP contribution is 2.37. The summed E-state index contributed by atoms with van der Waals surface area (Å²) >= 11 is 0. The van der Waals surface area contributed by atoms with Crippen LogP contribution in [0.1, 0.15) is 11.9 Å². The van der Waals surface area contributed by atoms with Crippen molar-refractivity contribution in [3.8, 4) is 11.4 Å². The lowest BCUT2D eigenvalue weighted by atomic mass is 10.1. The van der Waals surface area contributed by atoms with Gasteiger partial charge in [0.25, 0.3) is 0 Å². The Kier molecular flexibility index (Phi) is 5.17. The van der Waals surface area contributed by atoms with E-state index in [1.807, 2.05) is 23.1 Å². The summed E-state index contributed by atoms with van der Waals surface area (Å²) in [7, 11) is 3.59. The van der Waals surface area contributed by atoms with Crippen LogP contribution in [0.25, 0.3) is 22.4 Å². The number of pyridine rings is 1. The fraction of sp³-hybridized carbons (Fsp3) is 0.269. The summed E-state index contributed by atoms with van der Waals surface area (Å²) in [6.45, 7) is 3.07. The Bertz CT molecular complexity index is 1370. The highest BCUT2D eigenvalue weighted by atomic mass is 16.2. The molecule has 0 aliphatic carbocycles. The number of H-pyrrole nitrogens is 1. The molecule has 6 rings (SSSR count). The topological polar surface area (TPSA) is 92.4 Å². The van der Waals surface area contributed by atoms with Crippen molar-refractivity contribution in [1.29, 1.82) is 0 Å². The van der Waals surface area contributed by atoms with E-state index in [2.05, 4.69) is 61.9 Å². The quantitative estimate of drug-likeness (QED) is 0.422. The van der Waals surface area contributed by atoms with Crippen molar-refractivity contribution in [1.82, 2.24) is 24.8 Å². The maximum Gasteiger partial charge on any atom is 0.319 e. The average Bonchev–Trinajstić information content (AvgIpc) is 3.52. The van der Waals surface area contributed by atoms with Crippen molar-refractivity contribution in [2.45, 2.75) is 6.17 Å². The number of fused-ring (bicyclic) bond motifs is 2. The Labute approximate surface area is 203 Å². The van der Waals surface area contributed by atoms with Gasteiger partial charge in [0.2, 0.25) is 0 Å². The van der Waals surface area contributed by atoms with Gasteiger partial charge in [-0.05, 0) is 48.5 Å². The molecule has 1 unspecified atom stereocenters. The molecule has 178 valence electrons. The minimum atomic E-state index is -0.0480. The minimum absolute atomic E-state index is 0.0480. The molecule has 2 aliphatic heterocycles. The number of piperazine rings is 1. The van der Waals surface area contributed by atoms with Gasteiger partial charge in [-0.25, -0.2) is 9.78 Å². The van der Waals surface area contributed by atoms with Crippen molar-refractivity contribution in [3.05, 3.63) is 66.5 Å². The number of benzene rings is 2. The molecule has 0 bridgehead atoms. The summed E-state index contributed by atoms with van der Waals surface area (Å²) in [5, 5.41) is 6.99. The fourth-order valence-electron chi connectivity index (χ4n) is 4.75. The number of anilines is 3. The number of urea groups is 1. The van der Waals surface area contributed by atoms with Gasteiger partial charge in [-0.2, -0.15) is 0 Å². The number of nitrogens with zero attached hydrogens (tertiary/aromatic N) is 5. The minimum Gasteiger partial charge on any atom is -0.368 e. The second-order valence-electron chi connectivity index (χ2n) is 9.17. The van der Waals surface area contributed by atoms with Crippen LogP contribution in [0.5, 0.6) is 0 Å². The molecule has 2 aliphatic rings. The van der Waals surface area contributed by atoms with E-state index in [0.29, 0.717) is 0 Å². The van der Waals surface area contributed by atoms with Gasteiger partial charge in [-0.15, -0.1) is 0 Å². The fourth-order valence-corrected chi connectivity index (χ4v) is 4.75. The molecule has 2 aromatic heterocycles. The van der Waals surface area contributed by atoms with Gasteiger partial charge >= 0.3 is 6.03 Å². The van der Waals surface area contributed by atoms with Gasteiger partial charge in [0.05, 0.1) is 28.1 Å². The second-order valence-corrected chi connectivity index (χ2v) is 9.17. The summed E-state index contributed by atoms with van der Waals surface area (Å²) in [5.74, 6) is 0.837. The van der Waals surface area contributed by atoms with Crippen molar-refractivity contribution < 1.29 is 4.79 Å². The molecule has 1 saturated heterocycles. The maximum absolute atomic E-state index is 12.2. The molecule has 1 fully saturated rings. The van der Waals surface area contributed by atoms with Crippen LogP contribution in [0, 0.1) is 0 Å². The Morgan fingerprint density at radius 2 is 1.80 bits per heavy atom. The SMILES string of the molecule is CN(C)C(=O)N1CCN(c2ccc3nc(-c4ccc5c(c4)NC(c4ccccn4)N5)[nH]c3c2)CC1. The number of amides is 2. The number of nitrogens with one attached hydrogen (secondary N) is 3. The van der Waals surface area contributed by atoms with Gasteiger partial charge in [0, 0.05) is 57.7 Å². The molecule has 2 aromatic carbocycles. The van der Waals surface area contributed by atoms with Gasteiger partial charge < -0.3 is 30.3 Å². The van der Waals surface area contributed by atoms with Crippen molar-refractivity contribution >= 4 is 34.1 Å². The monoisotopic (exact) mass is 468 g/mol. The lowest BCUT2D eigenvalue weighted by molar-refractivity contribution is 0.168. The highest BCUT2D eigenvalue weighted by molar-refractivity contribution is 5.85. The first-order valence-electron chi connectivity index (χ1n) is 11.8. The molecule has 1 atom stereocenters. The van der Waals surface area contributed by atoms with E-state index in [1.54, 1.807) is 25.2 Å². The zero-order chi connectivity index (χ0) is 23.9. The van der Waals surface area contributed by atoms with Crippen LogP contribution >= 0.6 is 0 Å². The highest BCUT2D eigenvalue weighted by Gasteiger charge is 2.24. The van der Waals surface area contributed by atoms with E-state index in [-0.39, 0.29) is 12.2 Å². The molecule has 4 aromatic rings. The van der Waals surface area contributed by atoms with Crippen LogP contribution in [-0.2, 0) is 0 Å². The Hall–Kier alpha value is -4.27. The summed E-state index contributed by atoms with van der Waals surface area (Å²) in [4.78, 5) is 30.9. The third kappa shape index (κ3) is 3.99. The number of aromatic amines is 1. The molecular formula is C26H28N8O. The van der Waals surface area contributed by atoms with Gasteiger partial charge in [-0.3, -0.25) is 4.98 Å². The van der Waals surface area contributed by atoms with Crippen LogP contribution in [0.2, 0.25) is 0 Å². The van der Waals surface area contributed by atoms with Gasteiger partial charge in [0.1, 0.15) is 12.0 Å². The maximum atomic E-state index is 12.2. The van der Waals surface area contributed by atoms with E-state index in [0.717, 1.165) is 71.4 Å². The molecule has 2 amide bonds. The Morgan fingerprint density at radius 3 is 2.57 bits per heavy atom. The lowest BCUT2D eigenvalue weighted by Crippen LogP contribution is -2.51. The van der Waals surface area contributed by atoms with E-state index in [4.69, 9.17) is 4.98 Å². The summed E-state index contributed by atoms with van der Waals surface area (Å²) in [5.41, 5.74) is 7.13. The molecule has 3 N–H and O–H groups in total. The van der Waals surface area contributed by atoms with Crippen LogP contribution in [0.15, 0.2) is 60.8 Å². The van der Waals surface area contributed by atoms with Crippen LogP contribution in [-0.4, -0.2) is 71.1 Å². The first-order valence-corrected chi connectivity index (χ1v) is 11.8. The predicted octanol–water partition coefficient (Wildman–Crippen LogP) is 3.96. The van der Waals surface area contributed by atoms with Crippen molar-refractivity contribution in [3.63, 3.8) is 0 Å². The Morgan fingerprint density at radius 1 is 0.971 bits per heavy atom. The number of imidazole rings is 1. The summed E-state index contributed by atoms with van der Waals surface area (Å²) in [6.07, 6.45) is 1.76. The van der Waals surface area contributed by atoms with E-state index >= 15 is 0 Å². The normalized spacial score (nSPS) is 17.1. The zero-order valence-corrected chi connectivity index (χ0v) is 19.8. The standard InChI is InChI=1S/C26H28N8O/c1-32(2)26(35)34-13-11-33(12-14-34)18-7-9-20-23(16-18)30-24(28-20)17-6-8-19-22(15-17)31-25(29-19)21-5-3-4-10-27-21/h3-10,15-16,25,29,31H,11-14H2,1-2H3,(H,28,30). The number of carbonyl (C=O) groups is 1. The zero-order valence-electron chi connectivity index (χ0n) is 19.8. The van der Waals surface area contributed by atoms with Crippen molar-refractivity contribution in [2.24, 2.45) is 0 Å². The largest absolute Gasteiger partial charge is 0.368 e. The number of hydrogen-bond acceptors (Lipinski definition) is 6. The molecule has 4 heterocycles. The third-order valence-electron chi connectivity index (χ3n) is 6.64. The first kappa shape index (κ1) is 21.3. The molecule has 9 nitrogen and oxygen atoms in total. The van der Waals surface area contributed by atoms with Gasteiger partial charge in [-0.1, -0.05) is 6.07 Å². The number of aromatic nitrogens is 3. The molecule has 35 heavy (non-hydrogen) atoms. The smallest absolute Gasteiger partial charge is 0.319 e. The van der Waals surface area contributed by atoms with E-state index in [9.17, 15) is 4.79 Å². The predicted molar refractivity (Wildman–Crippen MR) is 139 cm³/mol. The van der Waals surface area contributed by atoms with Crippen molar-refractivity contribution in [2.75, 3.05) is 55.8 Å². The van der Waals surface area contributed by atoms with E-state index < -0.39 is 0 Å². The average molecular weight is 469 g/mol.